The van der Waals surface area contributed by atoms with Gasteiger partial charge < -0.3 is 5.32 Å². The van der Waals surface area contributed by atoms with Crippen LogP contribution in [-0.4, -0.2) is 22.4 Å². The summed E-state index contributed by atoms with van der Waals surface area (Å²) in [5.41, 5.74) is 1.72. The third kappa shape index (κ3) is 3.40. The average molecular weight is 271 g/mol. The van der Waals surface area contributed by atoms with Crippen LogP contribution < -0.4 is 10.6 Å². The zero-order chi connectivity index (χ0) is 12.5. The number of anilines is 1. The number of hydrogen-bond donors (Lipinski definition) is 2. The van der Waals surface area contributed by atoms with Crippen LogP contribution in [0.4, 0.5) is 5.95 Å². The van der Waals surface area contributed by atoms with Crippen LogP contribution in [0.25, 0.3) is 0 Å². The summed E-state index contributed by atoms with van der Waals surface area (Å²) >= 11 is 0. The van der Waals surface area contributed by atoms with Crippen molar-refractivity contribution in [2.45, 2.75) is 33.7 Å². The van der Waals surface area contributed by atoms with Gasteiger partial charge in [-0.15, -0.1) is 12.4 Å². The number of aromatic nitrogens is 2. The highest BCUT2D eigenvalue weighted by molar-refractivity contribution is 5.92. The fourth-order valence-electron chi connectivity index (χ4n) is 1.59. The van der Waals surface area contributed by atoms with Crippen molar-refractivity contribution in [3.8, 4) is 0 Å². The Morgan fingerprint density at radius 1 is 1.44 bits per heavy atom. The van der Waals surface area contributed by atoms with Gasteiger partial charge >= 0.3 is 0 Å². The second kappa shape index (κ2) is 5.63. The van der Waals surface area contributed by atoms with Gasteiger partial charge in [-0.25, -0.2) is 9.97 Å². The van der Waals surface area contributed by atoms with Crippen LogP contribution in [0, 0.1) is 5.41 Å². The maximum atomic E-state index is 11.8. The van der Waals surface area contributed by atoms with Crippen molar-refractivity contribution < 1.29 is 4.79 Å². The maximum Gasteiger partial charge on any atom is 0.232 e. The molecule has 2 N–H and O–H groups in total. The van der Waals surface area contributed by atoms with Gasteiger partial charge in [-0.1, -0.05) is 20.8 Å². The zero-order valence-corrected chi connectivity index (χ0v) is 11.7. The smallest absolute Gasteiger partial charge is 0.232 e. The van der Waals surface area contributed by atoms with Crippen LogP contribution in [0.15, 0.2) is 6.20 Å². The Kier molecular flexibility index (Phi) is 4.65. The highest BCUT2D eigenvalue weighted by Gasteiger charge is 2.22. The Bertz CT molecular complexity index is 442. The highest BCUT2D eigenvalue weighted by atomic mass is 35.5. The van der Waals surface area contributed by atoms with E-state index in [1.807, 2.05) is 20.8 Å². The summed E-state index contributed by atoms with van der Waals surface area (Å²) in [4.78, 5) is 20.3. The van der Waals surface area contributed by atoms with Crippen molar-refractivity contribution in [3.05, 3.63) is 17.5 Å². The van der Waals surface area contributed by atoms with Crippen molar-refractivity contribution in [1.82, 2.24) is 15.3 Å². The summed E-state index contributed by atoms with van der Waals surface area (Å²) < 4.78 is 0. The van der Waals surface area contributed by atoms with E-state index >= 15 is 0 Å². The quantitative estimate of drug-likeness (QED) is 0.812. The summed E-state index contributed by atoms with van der Waals surface area (Å²) in [6, 6.07) is 0. The molecule has 0 aromatic carbocycles. The van der Waals surface area contributed by atoms with E-state index < -0.39 is 5.41 Å². The molecule has 0 unspecified atom stereocenters. The van der Waals surface area contributed by atoms with Crippen LogP contribution in [0.1, 0.15) is 32.0 Å². The topological polar surface area (TPSA) is 66.9 Å². The standard InChI is InChI=1S/C12H18N4O.ClH/c1-12(2,3)10(17)16-11-14-7-8-6-13-5-4-9(8)15-11;/h7,13H,4-6H2,1-3H3,(H,14,15,16,17);1H. The largest absolute Gasteiger partial charge is 0.312 e. The molecule has 2 heterocycles. The molecule has 5 nitrogen and oxygen atoms in total. The van der Waals surface area contributed by atoms with E-state index in [0.717, 1.165) is 30.8 Å². The minimum Gasteiger partial charge on any atom is -0.312 e. The first-order valence-corrected chi connectivity index (χ1v) is 5.84. The molecule has 1 aliphatic heterocycles. The maximum absolute atomic E-state index is 11.8. The minimum absolute atomic E-state index is 0. The van der Waals surface area contributed by atoms with Crippen LogP contribution in [0.5, 0.6) is 0 Å². The number of amides is 1. The van der Waals surface area contributed by atoms with Gasteiger partial charge in [-0.2, -0.15) is 0 Å². The van der Waals surface area contributed by atoms with E-state index in [9.17, 15) is 4.79 Å². The Hall–Kier alpha value is -1.20. The van der Waals surface area contributed by atoms with Crippen LogP contribution in [-0.2, 0) is 17.8 Å². The molecule has 1 aromatic rings. The van der Waals surface area contributed by atoms with Crippen molar-refractivity contribution in [3.63, 3.8) is 0 Å². The molecule has 6 heteroatoms. The fraction of sp³-hybridized carbons (Fsp3) is 0.583. The van der Waals surface area contributed by atoms with Gasteiger partial charge in [0.25, 0.3) is 0 Å². The molecule has 0 aliphatic carbocycles. The molecule has 0 radical (unpaired) electrons. The first-order valence-electron chi connectivity index (χ1n) is 5.84. The van der Waals surface area contributed by atoms with Crippen molar-refractivity contribution in [1.29, 1.82) is 0 Å². The van der Waals surface area contributed by atoms with Gasteiger partial charge in [0, 0.05) is 36.7 Å². The highest BCUT2D eigenvalue weighted by Crippen LogP contribution is 2.17. The molecule has 18 heavy (non-hydrogen) atoms. The molecule has 0 saturated heterocycles. The van der Waals surface area contributed by atoms with E-state index in [4.69, 9.17) is 0 Å². The van der Waals surface area contributed by atoms with Gasteiger partial charge in [0.1, 0.15) is 0 Å². The lowest BCUT2D eigenvalue weighted by Gasteiger charge is -2.19. The van der Waals surface area contributed by atoms with E-state index in [2.05, 4.69) is 20.6 Å². The molecular weight excluding hydrogens is 252 g/mol. The molecule has 100 valence electrons. The molecule has 1 aliphatic rings. The van der Waals surface area contributed by atoms with Crippen LogP contribution in [0.3, 0.4) is 0 Å². The lowest BCUT2D eigenvalue weighted by Crippen LogP contribution is -2.30. The van der Waals surface area contributed by atoms with Gasteiger partial charge in [-0.05, 0) is 0 Å². The first kappa shape index (κ1) is 14.9. The zero-order valence-electron chi connectivity index (χ0n) is 10.9. The van der Waals surface area contributed by atoms with E-state index in [-0.39, 0.29) is 18.3 Å². The van der Waals surface area contributed by atoms with Crippen molar-refractivity contribution in [2.24, 2.45) is 5.41 Å². The summed E-state index contributed by atoms with van der Waals surface area (Å²) in [6.45, 7) is 7.33. The number of carbonyl (C=O) groups is 1. The number of nitrogens with zero attached hydrogens (tertiary/aromatic N) is 2. The summed E-state index contributed by atoms with van der Waals surface area (Å²) in [6.07, 6.45) is 2.67. The van der Waals surface area contributed by atoms with E-state index in [1.165, 1.54) is 0 Å². The third-order valence-electron chi connectivity index (χ3n) is 2.71. The van der Waals surface area contributed by atoms with Gasteiger partial charge in [0.05, 0.1) is 5.69 Å². The third-order valence-corrected chi connectivity index (χ3v) is 2.71. The van der Waals surface area contributed by atoms with E-state index in [1.54, 1.807) is 6.20 Å². The number of carbonyl (C=O) groups excluding carboxylic acids is 1. The molecule has 1 amide bonds. The second-order valence-corrected chi connectivity index (χ2v) is 5.30. The molecule has 1 aromatic heterocycles. The summed E-state index contributed by atoms with van der Waals surface area (Å²) in [5.74, 6) is 0.344. The van der Waals surface area contributed by atoms with Crippen molar-refractivity contribution >= 4 is 24.3 Å². The molecule has 0 atom stereocenters. The Balaban J connectivity index is 0.00000162. The van der Waals surface area contributed by atoms with Gasteiger partial charge in [0.15, 0.2) is 0 Å². The van der Waals surface area contributed by atoms with Crippen molar-refractivity contribution in [2.75, 3.05) is 11.9 Å². The second-order valence-electron chi connectivity index (χ2n) is 5.30. The average Bonchev–Trinajstić information content (AvgIpc) is 2.27. The van der Waals surface area contributed by atoms with Crippen LogP contribution in [0.2, 0.25) is 0 Å². The lowest BCUT2D eigenvalue weighted by molar-refractivity contribution is -0.123. The SMILES string of the molecule is CC(C)(C)C(=O)Nc1ncc2c(n1)CCNC2.Cl. The number of fused-ring (bicyclic) bond motifs is 1. The Labute approximate surface area is 113 Å². The monoisotopic (exact) mass is 270 g/mol. The number of halogens is 1. The first-order chi connectivity index (χ1) is 7.97. The number of hydrogen-bond acceptors (Lipinski definition) is 4. The summed E-state index contributed by atoms with van der Waals surface area (Å²) in [5, 5.41) is 6.01. The predicted molar refractivity (Wildman–Crippen MR) is 72.8 cm³/mol. The molecule has 0 saturated carbocycles. The molecule has 2 rings (SSSR count). The Morgan fingerprint density at radius 3 is 2.83 bits per heavy atom. The van der Waals surface area contributed by atoms with Gasteiger partial charge in [-0.3, -0.25) is 10.1 Å². The molecule has 0 fully saturated rings. The Morgan fingerprint density at radius 2 is 2.17 bits per heavy atom. The lowest BCUT2D eigenvalue weighted by atomic mass is 9.96. The number of rotatable bonds is 1. The fourth-order valence-corrected chi connectivity index (χ4v) is 1.59. The van der Waals surface area contributed by atoms with Crippen LogP contribution >= 0.6 is 12.4 Å². The molecular formula is C12H19ClN4O. The molecule has 0 spiro atoms. The minimum atomic E-state index is -0.430. The number of nitrogens with one attached hydrogen (secondary N) is 2. The predicted octanol–water partition coefficient (Wildman–Crippen LogP) is 1.53. The van der Waals surface area contributed by atoms with E-state index in [0.29, 0.717) is 5.95 Å². The normalized spacial score (nSPS) is 14.4. The van der Waals surface area contributed by atoms with Gasteiger partial charge in [0.2, 0.25) is 11.9 Å². The summed E-state index contributed by atoms with van der Waals surface area (Å²) in [7, 11) is 0. The molecule has 0 bridgehead atoms.